The zero-order valence-corrected chi connectivity index (χ0v) is 16.9. The fourth-order valence-corrected chi connectivity index (χ4v) is 5.17. The molecule has 0 aromatic heterocycles. The number of nitrogens with two attached hydrogens (primary N) is 2. The monoisotopic (exact) mass is 436 g/mol. The number of rotatable bonds is 10. The first-order chi connectivity index (χ1) is 13.7. The van der Waals surface area contributed by atoms with Gasteiger partial charge in [-0.15, -0.1) is 11.8 Å². The number of aliphatic imine (C=N–C) groups is 1. The topological polar surface area (TPSA) is 204 Å². The van der Waals surface area contributed by atoms with E-state index in [-0.39, 0.29) is 17.3 Å². The van der Waals surface area contributed by atoms with Crippen molar-refractivity contribution in [3.63, 3.8) is 0 Å². The molecule has 1 heterocycles. The Balaban J connectivity index is 1.82. The Bertz CT molecular complexity index is 564. The van der Waals surface area contributed by atoms with Crippen LogP contribution in [0.4, 0.5) is 0 Å². The van der Waals surface area contributed by atoms with Crippen molar-refractivity contribution in [1.82, 2.24) is 5.32 Å². The van der Waals surface area contributed by atoms with E-state index < -0.39 is 48.5 Å². The van der Waals surface area contributed by atoms with Crippen molar-refractivity contribution in [2.24, 2.45) is 16.5 Å². The summed E-state index contributed by atoms with van der Waals surface area (Å²) in [5, 5.41) is 51.9. The third kappa shape index (κ3) is 6.95. The van der Waals surface area contributed by atoms with Gasteiger partial charge in [-0.1, -0.05) is 0 Å². The van der Waals surface area contributed by atoms with Crippen LogP contribution in [-0.4, -0.2) is 97.8 Å². The van der Waals surface area contributed by atoms with Crippen molar-refractivity contribution in [3.8, 4) is 0 Å². The summed E-state index contributed by atoms with van der Waals surface area (Å²) in [6.45, 7) is -0.0922. The number of nitrogens with zero attached hydrogens (tertiary/aromatic N) is 1. The highest BCUT2D eigenvalue weighted by atomic mass is 32.2. The van der Waals surface area contributed by atoms with Gasteiger partial charge in [0, 0.05) is 17.8 Å². The highest BCUT2D eigenvalue weighted by Crippen LogP contribution is 2.37. The number of hydrogen-bond acceptors (Lipinski definition) is 9. The second-order valence-corrected chi connectivity index (χ2v) is 8.88. The second-order valence-electron chi connectivity index (χ2n) is 7.47. The Hall–Kier alpha value is -1.15. The van der Waals surface area contributed by atoms with Gasteiger partial charge in [0.15, 0.2) is 5.96 Å². The zero-order valence-electron chi connectivity index (χ0n) is 16.1. The van der Waals surface area contributed by atoms with Crippen molar-refractivity contribution in [2.75, 3.05) is 13.2 Å². The number of aliphatic carboxylic acids is 1. The van der Waals surface area contributed by atoms with Crippen LogP contribution in [0.5, 0.6) is 0 Å². The maximum Gasteiger partial charge on any atom is 0.320 e. The number of guanidine groups is 1. The first-order valence-corrected chi connectivity index (χ1v) is 10.7. The predicted molar refractivity (Wildman–Crippen MR) is 107 cm³/mol. The summed E-state index contributed by atoms with van der Waals surface area (Å²) in [6.07, 6.45) is -1.79. The number of aliphatic hydroxyl groups excluding tert-OH is 4. The maximum absolute atomic E-state index is 11.5. The van der Waals surface area contributed by atoms with Crippen LogP contribution in [0.2, 0.25) is 0 Å². The highest BCUT2D eigenvalue weighted by Gasteiger charge is 2.45. The Kier molecular flexibility index (Phi) is 9.40. The molecule has 0 amide bonds. The van der Waals surface area contributed by atoms with E-state index in [1.807, 2.05) is 0 Å². The Morgan fingerprint density at radius 2 is 1.93 bits per heavy atom. The molecule has 11 nitrogen and oxygen atoms in total. The molecule has 12 heteroatoms. The first kappa shape index (κ1) is 24.1. The van der Waals surface area contributed by atoms with Crippen LogP contribution in [0.3, 0.4) is 0 Å². The summed E-state index contributed by atoms with van der Waals surface area (Å²) in [6, 6.07) is -0.702. The smallest absolute Gasteiger partial charge is 0.320 e. The molecule has 29 heavy (non-hydrogen) atoms. The molecule has 1 aliphatic heterocycles. The average molecular weight is 437 g/mol. The SMILES string of the molecule is NC(N)=NCCC[C@H](NC1CCC(S[C@@H]2OC(CO)[C@H](O)C(O)C2O)C1)C(=O)O. The number of aliphatic hydroxyl groups is 4. The van der Waals surface area contributed by atoms with Crippen LogP contribution >= 0.6 is 11.8 Å². The number of hydrogen-bond donors (Lipinski definition) is 8. The van der Waals surface area contributed by atoms with Crippen LogP contribution < -0.4 is 16.8 Å². The number of carboxylic acids is 1. The fourth-order valence-electron chi connectivity index (χ4n) is 3.65. The molecule has 168 valence electrons. The fraction of sp³-hybridized carbons (Fsp3) is 0.882. The Morgan fingerprint density at radius 1 is 1.21 bits per heavy atom. The minimum absolute atomic E-state index is 0.00145. The van der Waals surface area contributed by atoms with Gasteiger partial charge < -0.3 is 47.1 Å². The van der Waals surface area contributed by atoms with Gasteiger partial charge in [-0.3, -0.25) is 9.79 Å². The Morgan fingerprint density at radius 3 is 2.55 bits per heavy atom. The number of nitrogens with one attached hydrogen (secondary N) is 1. The van der Waals surface area contributed by atoms with E-state index in [0.29, 0.717) is 25.8 Å². The van der Waals surface area contributed by atoms with E-state index in [1.165, 1.54) is 11.8 Å². The van der Waals surface area contributed by atoms with Crippen molar-refractivity contribution in [2.45, 2.75) is 79.3 Å². The van der Waals surface area contributed by atoms with E-state index in [1.54, 1.807) is 0 Å². The van der Waals surface area contributed by atoms with E-state index in [9.17, 15) is 30.3 Å². The lowest BCUT2D eigenvalue weighted by atomic mass is 10.0. The van der Waals surface area contributed by atoms with Crippen molar-refractivity contribution in [1.29, 1.82) is 0 Å². The lowest BCUT2D eigenvalue weighted by Gasteiger charge is -2.40. The summed E-state index contributed by atoms with van der Waals surface area (Å²) in [5.41, 5.74) is 9.74. The lowest BCUT2D eigenvalue weighted by molar-refractivity contribution is -0.205. The Labute approximate surface area is 173 Å². The molecule has 2 fully saturated rings. The number of thioether (sulfide) groups is 1. The molecule has 0 radical (unpaired) electrons. The molecule has 1 saturated heterocycles. The largest absolute Gasteiger partial charge is 0.480 e. The number of carbonyl (C=O) groups is 1. The highest BCUT2D eigenvalue weighted by molar-refractivity contribution is 8.00. The molecule has 0 aromatic carbocycles. The molecule has 2 rings (SSSR count). The number of ether oxygens (including phenoxy) is 1. The zero-order chi connectivity index (χ0) is 21.6. The molecule has 5 unspecified atom stereocenters. The minimum Gasteiger partial charge on any atom is -0.480 e. The third-order valence-electron chi connectivity index (χ3n) is 5.24. The molecule has 0 spiro atoms. The second kappa shape index (κ2) is 11.3. The van der Waals surface area contributed by atoms with Crippen LogP contribution in [0.15, 0.2) is 4.99 Å². The van der Waals surface area contributed by atoms with E-state index >= 15 is 0 Å². The van der Waals surface area contributed by atoms with Crippen LogP contribution in [0.1, 0.15) is 32.1 Å². The first-order valence-electron chi connectivity index (χ1n) is 9.73. The average Bonchev–Trinajstić information content (AvgIpc) is 3.11. The van der Waals surface area contributed by atoms with Crippen molar-refractivity contribution >= 4 is 23.7 Å². The molecule has 1 saturated carbocycles. The standard InChI is InChI=1S/C17H32N4O7S/c18-17(19)20-5-1-2-10(15(26)27)21-8-3-4-9(6-8)29-16-14(25)13(24)12(23)11(7-22)28-16/h8-14,16,21-25H,1-7H2,(H,26,27)(H4,18,19,20)/t8?,9?,10-,11?,12-,13?,14?,16-/m0/s1. The van der Waals surface area contributed by atoms with Gasteiger partial charge >= 0.3 is 5.97 Å². The summed E-state index contributed by atoms with van der Waals surface area (Å²) >= 11 is 1.34. The number of carboxylic acid groups (broad SMARTS) is 1. The van der Waals surface area contributed by atoms with Gasteiger partial charge in [-0.25, -0.2) is 0 Å². The van der Waals surface area contributed by atoms with Gasteiger partial charge in [-0.2, -0.15) is 0 Å². The molecular weight excluding hydrogens is 404 g/mol. The van der Waals surface area contributed by atoms with Crippen LogP contribution in [0.25, 0.3) is 0 Å². The van der Waals surface area contributed by atoms with Crippen LogP contribution in [0, 0.1) is 0 Å². The molecule has 0 bridgehead atoms. The molecule has 8 atom stereocenters. The minimum atomic E-state index is -1.39. The summed E-state index contributed by atoms with van der Waals surface area (Å²) < 4.78 is 5.54. The van der Waals surface area contributed by atoms with E-state index in [4.69, 9.17) is 16.2 Å². The molecule has 1 aliphatic carbocycles. The van der Waals surface area contributed by atoms with Gasteiger partial charge in [0.25, 0.3) is 0 Å². The van der Waals surface area contributed by atoms with Crippen LogP contribution in [-0.2, 0) is 9.53 Å². The molecular formula is C17H32N4O7S. The molecule has 10 N–H and O–H groups in total. The molecule has 0 aromatic rings. The lowest BCUT2D eigenvalue weighted by Crippen LogP contribution is -2.57. The molecule has 2 aliphatic rings. The van der Waals surface area contributed by atoms with Crippen molar-refractivity contribution in [3.05, 3.63) is 0 Å². The van der Waals surface area contributed by atoms with Crippen molar-refractivity contribution < 1.29 is 35.1 Å². The quantitative estimate of drug-likeness (QED) is 0.102. The third-order valence-corrected chi connectivity index (χ3v) is 6.71. The van der Waals surface area contributed by atoms with E-state index in [2.05, 4.69) is 10.3 Å². The summed E-state index contributed by atoms with van der Waals surface area (Å²) in [7, 11) is 0. The predicted octanol–water partition coefficient (Wildman–Crippen LogP) is -2.46. The summed E-state index contributed by atoms with van der Waals surface area (Å²) in [5.74, 6) is -0.951. The van der Waals surface area contributed by atoms with Gasteiger partial charge in [0.1, 0.15) is 35.9 Å². The van der Waals surface area contributed by atoms with Gasteiger partial charge in [0.2, 0.25) is 0 Å². The normalized spacial score (nSPS) is 35.9. The van der Waals surface area contributed by atoms with E-state index in [0.717, 1.165) is 12.8 Å². The van der Waals surface area contributed by atoms with Gasteiger partial charge in [0.05, 0.1) is 6.61 Å². The maximum atomic E-state index is 11.5. The van der Waals surface area contributed by atoms with Gasteiger partial charge in [-0.05, 0) is 32.1 Å². The summed E-state index contributed by atoms with van der Waals surface area (Å²) in [4.78, 5) is 15.4.